The lowest BCUT2D eigenvalue weighted by Gasteiger charge is -2.25. The number of nitro benzene ring substituents is 1. The third kappa shape index (κ3) is 6.12. The van der Waals surface area contributed by atoms with Gasteiger partial charge in [0.2, 0.25) is 0 Å². The highest BCUT2D eigenvalue weighted by Crippen LogP contribution is 2.19. The summed E-state index contributed by atoms with van der Waals surface area (Å²) >= 11 is 0. The summed E-state index contributed by atoms with van der Waals surface area (Å²) in [5, 5.41) is 19.6. The van der Waals surface area contributed by atoms with Crippen LogP contribution in [0.1, 0.15) is 18.9 Å². The summed E-state index contributed by atoms with van der Waals surface area (Å²) in [6.45, 7) is 2.44. The Morgan fingerprint density at radius 1 is 1.19 bits per heavy atom. The lowest BCUT2D eigenvalue weighted by atomic mass is 10.1. The van der Waals surface area contributed by atoms with Crippen molar-refractivity contribution in [1.82, 2.24) is 4.90 Å². The van der Waals surface area contributed by atoms with Crippen molar-refractivity contribution in [3.05, 3.63) is 70.3 Å². The van der Waals surface area contributed by atoms with Gasteiger partial charge in [-0.1, -0.05) is 30.3 Å². The fraction of sp³-hybridized carbons (Fsp3) is 0.300. The largest absolute Gasteiger partial charge is 0.481 e. The zero-order valence-electron chi connectivity index (χ0n) is 15.1. The Hall–Kier alpha value is -3.40. The number of benzene rings is 2. The van der Waals surface area contributed by atoms with Crippen LogP contribution in [0.5, 0.6) is 5.75 Å². The Morgan fingerprint density at radius 3 is 2.44 bits per heavy atom. The molecule has 0 radical (unpaired) electrons. The predicted octanol–water partition coefficient (Wildman–Crippen LogP) is 3.35. The number of nitrogens with zero attached hydrogens (tertiary/aromatic N) is 3. The van der Waals surface area contributed by atoms with Gasteiger partial charge in [0.05, 0.1) is 17.4 Å². The summed E-state index contributed by atoms with van der Waals surface area (Å²) in [6, 6.07) is 17.4. The van der Waals surface area contributed by atoms with Crippen LogP contribution < -0.4 is 4.74 Å². The summed E-state index contributed by atoms with van der Waals surface area (Å²) in [4.78, 5) is 24.6. The Kier molecular flexibility index (Phi) is 7.32. The minimum atomic E-state index is -0.763. The Morgan fingerprint density at radius 2 is 1.85 bits per heavy atom. The number of ether oxygens (including phenoxy) is 1. The third-order valence-corrected chi connectivity index (χ3v) is 4.03. The molecule has 0 saturated heterocycles. The number of carbonyl (C=O) groups is 1. The van der Waals surface area contributed by atoms with E-state index in [1.807, 2.05) is 30.3 Å². The molecule has 0 aromatic heterocycles. The summed E-state index contributed by atoms with van der Waals surface area (Å²) in [5.74, 6) is 0.157. The number of hydrogen-bond donors (Lipinski definition) is 0. The molecule has 27 heavy (non-hydrogen) atoms. The van der Waals surface area contributed by atoms with Gasteiger partial charge in [0.25, 0.3) is 11.6 Å². The molecule has 7 nitrogen and oxygen atoms in total. The quantitative estimate of drug-likeness (QED) is 0.500. The maximum atomic E-state index is 12.7. The van der Waals surface area contributed by atoms with Gasteiger partial charge >= 0.3 is 0 Å². The van der Waals surface area contributed by atoms with E-state index >= 15 is 0 Å². The topological polar surface area (TPSA) is 96.5 Å². The van der Waals surface area contributed by atoms with E-state index in [0.29, 0.717) is 25.3 Å². The van der Waals surface area contributed by atoms with E-state index in [9.17, 15) is 14.9 Å². The maximum absolute atomic E-state index is 12.7. The van der Waals surface area contributed by atoms with Gasteiger partial charge in [-0.2, -0.15) is 5.26 Å². The lowest BCUT2D eigenvalue weighted by molar-refractivity contribution is -0.384. The highest BCUT2D eigenvalue weighted by atomic mass is 16.6. The maximum Gasteiger partial charge on any atom is 0.269 e. The standard InChI is InChI=1S/C20H21N3O4/c1-16(27-19-10-8-18(9-11-19)23(25)26)20(24)22(14-5-13-21)15-12-17-6-3-2-4-7-17/h2-4,6-11,16H,5,12,14-15H2,1H3. The Labute approximate surface area is 157 Å². The average molecular weight is 367 g/mol. The molecule has 0 heterocycles. The Bertz CT molecular complexity index is 800. The van der Waals surface area contributed by atoms with Crippen LogP contribution in [0.4, 0.5) is 5.69 Å². The molecule has 2 rings (SSSR count). The van der Waals surface area contributed by atoms with E-state index in [1.54, 1.807) is 11.8 Å². The van der Waals surface area contributed by atoms with E-state index in [1.165, 1.54) is 24.3 Å². The van der Waals surface area contributed by atoms with Gasteiger partial charge in [0.1, 0.15) is 5.75 Å². The molecule has 7 heteroatoms. The number of non-ortho nitro benzene ring substituents is 1. The molecular weight excluding hydrogens is 346 g/mol. The zero-order valence-corrected chi connectivity index (χ0v) is 15.1. The monoisotopic (exact) mass is 367 g/mol. The van der Waals surface area contributed by atoms with Crippen LogP contribution in [0.15, 0.2) is 54.6 Å². The van der Waals surface area contributed by atoms with Crippen LogP contribution in [-0.2, 0) is 11.2 Å². The first kappa shape index (κ1) is 19.9. The van der Waals surface area contributed by atoms with E-state index in [-0.39, 0.29) is 18.0 Å². The molecule has 0 spiro atoms. The van der Waals surface area contributed by atoms with E-state index in [2.05, 4.69) is 6.07 Å². The molecule has 140 valence electrons. The second-order valence-corrected chi connectivity index (χ2v) is 5.98. The van der Waals surface area contributed by atoms with Crippen LogP contribution in [0, 0.1) is 21.4 Å². The average Bonchev–Trinajstić information content (AvgIpc) is 2.68. The van der Waals surface area contributed by atoms with Crippen molar-refractivity contribution in [2.24, 2.45) is 0 Å². The molecule has 0 aliphatic heterocycles. The van der Waals surface area contributed by atoms with Crippen molar-refractivity contribution in [3.8, 4) is 11.8 Å². The summed E-state index contributed by atoms with van der Waals surface area (Å²) in [7, 11) is 0. The highest BCUT2D eigenvalue weighted by molar-refractivity contribution is 5.81. The smallest absolute Gasteiger partial charge is 0.269 e. The second kappa shape index (κ2) is 9.92. The van der Waals surface area contributed by atoms with Gasteiger partial charge in [-0.05, 0) is 31.0 Å². The van der Waals surface area contributed by atoms with Crippen LogP contribution in [0.2, 0.25) is 0 Å². The van der Waals surface area contributed by atoms with Crippen molar-refractivity contribution in [3.63, 3.8) is 0 Å². The lowest BCUT2D eigenvalue weighted by Crippen LogP contribution is -2.42. The summed E-state index contributed by atoms with van der Waals surface area (Å²) < 4.78 is 5.63. The molecule has 0 saturated carbocycles. The van der Waals surface area contributed by atoms with Crippen LogP contribution in [0.3, 0.4) is 0 Å². The molecule has 2 aromatic rings. The van der Waals surface area contributed by atoms with Gasteiger partial charge in [0, 0.05) is 25.2 Å². The normalized spacial score (nSPS) is 11.3. The fourth-order valence-corrected chi connectivity index (χ4v) is 2.58. The number of rotatable bonds is 9. The fourth-order valence-electron chi connectivity index (χ4n) is 2.58. The molecule has 0 bridgehead atoms. The number of carbonyl (C=O) groups excluding carboxylic acids is 1. The molecule has 1 unspecified atom stereocenters. The molecule has 0 N–H and O–H groups in total. The summed E-state index contributed by atoms with van der Waals surface area (Å²) in [5.41, 5.74) is 1.07. The molecule has 0 aliphatic carbocycles. The minimum absolute atomic E-state index is 0.0418. The van der Waals surface area contributed by atoms with Crippen LogP contribution in [0.25, 0.3) is 0 Å². The van der Waals surface area contributed by atoms with Crippen LogP contribution >= 0.6 is 0 Å². The number of nitriles is 1. The van der Waals surface area contributed by atoms with Crippen molar-refractivity contribution in [2.45, 2.75) is 25.9 Å². The van der Waals surface area contributed by atoms with E-state index in [4.69, 9.17) is 10.00 Å². The molecular formula is C20H21N3O4. The van der Waals surface area contributed by atoms with Gasteiger partial charge < -0.3 is 9.64 Å². The number of nitro groups is 1. The molecule has 1 amide bonds. The van der Waals surface area contributed by atoms with E-state index in [0.717, 1.165) is 5.56 Å². The number of hydrogen-bond acceptors (Lipinski definition) is 5. The molecule has 1 atom stereocenters. The SMILES string of the molecule is CC(Oc1ccc([N+](=O)[O-])cc1)C(=O)N(CCC#N)CCc1ccccc1. The van der Waals surface area contributed by atoms with E-state index < -0.39 is 11.0 Å². The van der Waals surface area contributed by atoms with Crippen molar-refractivity contribution in [2.75, 3.05) is 13.1 Å². The predicted molar refractivity (Wildman–Crippen MR) is 100 cm³/mol. The third-order valence-electron chi connectivity index (χ3n) is 4.03. The Balaban J connectivity index is 1.99. The highest BCUT2D eigenvalue weighted by Gasteiger charge is 2.22. The van der Waals surface area contributed by atoms with Crippen molar-refractivity contribution >= 4 is 11.6 Å². The summed E-state index contributed by atoms with van der Waals surface area (Å²) in [6.07, 6.45) is 0.161. The van der Waals surface area contributed by atoms with Gasteiger partial charge in [-0.3, -0.25) is 14.9 Å². The first-order valence-electron chi connectivity index (χ1n) is 8.62. The second-order valence-electron chi connectivity index (χ2n) is 5.98. The van der Waals surface area contributed by atoms with Crippen molar-refractivity contribution in [1.29, 1.82) is 5.26 Å². The van der Waals surface area contributed by atoms with Gasteiger partial charge in [-0.15, -0.1) is 0 Å². The number of amides is 1. The van der Waals surface area contributed by atoms with Gasteiger partial charge in [-0.25, -0.2) is 0 Å². The molecule has 0 fully saturated rings. The first-order chi connectivity index (χ1) is 13.0. The molecule has 0 aliphatic rings. The minimum Gasteiger partial charge on any atom is -0.481 e. The van der Waals surface area contributed by atoms with Gasteiger partial charge in [0.15, 0.2) is 6.10 Å². The van der Waals surface area contributed by atoms with Crippen molar-refractivity contribution < 1.29 is 14.5 Å². The molecule has 2 aromatic carbocycles. The zero-order chi connectivity index (χ0) is 19.6. The van der Waals surface area contributed by atoms with Crippen LogP contribution in [-0.4, -0.2) is 34.9 Å². The first-order valence-corrected chi connectivity index (χ1v) is 8.62.